The van der Waals surface area contributed by atoms with E-state index in [1.165, 1.54) is 26.4 Å². The topological polar surface area (TPSA) is 159 Å². The molecule has 1 unspecified atom stereocenters. The minimum atomic E-state index is -1.41. The summed E-state index contributed by atoms with van der Waals surface area (Å²) in [5.41, 5.74) is 1.60. The highest BCUT2D eigenvalue weighted by atomic mass is 35.5. The molecule has 1 aliphatic rings. The number of benzene rings is 2. The normalized spacial score (nSPS) is 13.8. The number of hydrogen-bond donors (Lipinski definition) is 5. The van der Waals surface area contributed by atoms with Crippen LogP contribution in [0.2, 0.25) is 5.02 Å². The molecule has 2 amide bonds. The summed E-state index contributed by atoms with van der Waals surface area (Å²) in [7, 11) is 2.95. The fraction of sp³-hybridized carbons (Fsp3) is 0.333. The number of anilines is 5. The number of rotatable bonds is 14. The van der Waals surface area contributed by atoms with E-state index in [1.54, 1.807) is 36.4 Å². The maximum Gasteiger partial charge on any atom is 0.253 e. The minimum absolute atomic E-state index is 0.153. The molecule has 4 rings (SSSR count). The van der Waals surface area contributed by atoms with Crippen molar-refractivity contribution >= 4 is 52.2 Å². The molecule has 1 saturated heterocycles. The average molecular weight is 626 g/mol. The summed E-state index contributed by atoms with van der Waals surface area (Å²) in [4.78, 5) is 35.4. The molecule has 2 heterocycles. The molecule has 13 nitrogen and oxygen atoms in total. The van der Waals surface area contributed by atoms with Crippen molar-refractivity contribution in [1.29, 1.82) is 0 Å². The zero-order valence-electron chi connectivity index (χ0n) is 24.6. The van der Waals surface area contributed by atoms with Gasteiger partial charge in [-0.3, -0.25) is 14.5 Å². The van der Waals surface area contributed by atoms with Crippen molar-refractivity contribution in [1.82, 2.24) is 20.2 Å². The van der Waals surface area contributed by atoms with Gasteiger partial charge >= 0.3 is 0 Å². The molecule has 1 atom stereocenters. The lowest BCUT2D eigenvalue weighted by molar-refractivity contribution is -0.129. The number of halogens is 1. The number of para-hydroxylation sites is 1. The quantitative estimate of drug-likeness (QED) is 0.131. The molecule has 1 aliphatic heterocycles. The van der Waals surface area contributed by atoms with Crippen LogP contribution in [0.15, 0.2) is 55.3 Å². The van der Waals surface area contributed by atoms with Crippen molar-refractivity contribution in [3.8, 4) is 11.5 Å². The van der Waals surface area contributed by atoms with Gasteiger partial charge < -0.3 is 40.6 Å². The Morgan fingerprint density at radius 2 is 1.93 bits per heavy atom. The van der Waals surface area contributed by atoms with E-state index in [0.29, 0.717) is 40.7 Å². The number of aromatic nitrogens is 2. The third kappa shape index (κ3) is 8.57. The molecule has 0 spiro atoms. The Labute approximate surface area is 260 Å². The van der Waals surface area contributed by atoms with Gasteiger partial charge in [0, 0.05) is 44.0 Å². The maximum atomic E-state index is 12.2. The van der Waals surface area contributed by atoms with Crippen LogP contribution in [0.4, 0.5) is 28.8 Å². The maximum absolute atomic E-state index is 12.2. The van der Waals surface area contributed by atoms with Gasteiger partial charge in [0.15, 0.2) is 11.9 Å². The number of amides is 2. The summed E-state index contributed by atoms with van der Waals surface area (Å²) in [6.45, 7) is 8.07. The van der Waals surface area contributed by atoms with Gasteiger partial charge in [-0.05, 0) is 24.6 Å². The van der Waals surface area contributed by atoms with Crippen LogP contribution in [0.1, 0.15) is 18.1 Å². The lowest BCUT2D eigenvalue weighted by Gasteiger charge is -2.26. The second-order valence-corrected chi connectivity index (χ2v) is 10.0. The van der Waals surface area contributed by atoms with Gasteiger partial charge in [-0.15, -0.1) is 0 Å². The fourth-order valence-electron chi connectivity index (χ4n) is 4.41. The summed E-state index contributed by atoms with van der Waals surface area (Å²) in [6, 6.07) is 10.1. The Morgan fingerprint density at radius 1 is 1.16 bits per heavy atom. The average Bonchev–Trinajstić information content (AvgIpc) is 3.05. The second kappa shape index (κ2) is 15.9. The Bertz CT molecular complexity index is 1470. The van der Waals surface area contributed by atoms with Gasteiger partial charge in [0.2, 0.25) is 11.9 Å². The van der Waals surface area contributed by atoms with E-state index in [-0.39, 0.29) is 16.8 Å². The summed E-state index contributed by atoms with van der Waals surface area (Å²) in [5, 5.41) is 22.1. The van der Waals surface area contributed by atoms with E-state index in [0.717, 1.165) is 39.3 Å². The molecular formula is C30H36ClN7O6. The van der Waals surface area contributed by atoms with Crippen molar-refractivity contribution in [2.24, 2.45) is 0 Å². The third-order valence-electron chi connectivity index (χ3n) is 6.72. The van der Waals surface area contributed by atoms with Gasteiger partial charge in [0.05, 0.1) is 44.5 Å². The molecule has 234 valence electrons. The summed E-state index contributed by atoms with van der Waals surface area (Å²) in [5.74, 6) is 0.240. The first kappa shape index (κ1) is 32.5. The molecule has 2 aromatic carbocycles. The predicted molar refractivity (Wildman–Crippen MR) is 168 cm³/mol. The minimum Gasteiger partial charge on any atom is -0.494 e. The molecule has 1 fully saturated rings. The molecule has 0 aliphatic carbocycles. The Kier molecular flexibility index (Phi) is 11.7. The van der Waals surface area contributed by atoms with Crippen LogP contribution < -0.4 is 30.7 Å². The monoisotopic (exact) mass is 625 g/mol. The smallest absolute Gasteiger partial charge is 0.253 e. The predicted octanol–water partition coefficient (Wildman–Crippen LogP) is 3.63. The molecular weight excluding hydrogens is 590 g/mol. The summed E-state index contributed by atoms with van der Waals surface area (Å²) < 4.78 is 17.1. The van der Waals surface area contributed by atoms with Gasteiger partial charge in [-0.25, -0.2) is 4.98 Å². The molecule has 3 aromatic rings. The van der Waals surface area contributed by atoms with Gasteiger partial charge in [0.25, 0.3) is 5.91 Å². The van der Waals surface area contributed by atoms with Gasteiger partial charge in [-0.1, -0.05) is 36.4 Å². The highest BCUT2D eigenvalue weighted by molar-refractivity contribution is 6.33. The van der Waals surface area contributed by atoms with Gasteiger partial charge in [0.1, 0.15) is 16.5 Å². The van der Waals surface area contributed by atoms with Crippen LogP contribution >= 0.6 is 11.6 Å². The van der Waals surface area contributed by atoms with Crippen LogP contribution in [-0.2, 0) is 14.3 Å². The van der Waals surface area contributed by atoms with E-state index in [1.807, 2.05) is 0 Å². The number of carbonyl (C=O) groups excluding carboxylic acids is 2. The molecule has 5 N–H and O–H groups in total. The Balaban J connectivity index is 1.55. The summed E-state index contributed by atoms with van der Waals surface area (Å²) in [6.07, 6.45) is 1.94. The molecule has 44 heavy (non-hydrogen) atoms. The number of methoxy groups -OCH3 is 1. The fourth-order valence-corrected chi connectivity index (χ4v) is 4.55. The summed E-state index contributed by atoms with van der Waals surface area (Å²) >= 11 is 6.39. The molecule has 0 radical (unpaired) electrons. The Hall–Kier alpha value is -4.43. The number of nitrogens with one attached hydrogen (secondary N) is 4. The number of hydrogen-bond acceptors (Lipinski definition) is 11. The first-order chi connectivity index (χ1) is 21.3. The second-order valence-electron chi connectivity index (χ2n) is 9.64. The number of morpholine rings is 1. The van der Waals surface area contributed by atoms with E-state index in [4.69, 9.17) is 25.8 Å². The number of carbonyl (C=O) groups is 2. The molecule has 0 saturated carbocycles. The lowest BCUT2D eigenvalue weighted by Crippen LogP contribution is -2.37. The van der Waals surface area contributed by atoms with Crippen LogP contribution in [0.5, 0.6) is 11.5 Å². The Morgan fingerprint density at radius 3 is 2.66 bits per heavy atom. The van der Waals surface area contributed by atoms with Crippen molar-refractivity contribution in [2.45, 2.75) is 12.5 Å². The highest BCUT2D eigenvalue weighted by Gasteiger charge is 2.21. The highest BCUT2D eigenvalue weighted by Crippen LogP contribution is 2.38. The van der Waals surface area contributed by atoms with Crippen molar-refractivity contribution in [2.75, 3.05) is 69.6 Å². The molecule has 0 bridgehead atoms. The zero-order valence-corrected chi connectivity index (χ0v) is 25.3. The van der Waals surface area contributed by atoms with Crippen LogP contribution in [0.25, 0.3) is 0 Å². The SMILES string of the molecule is C=CC(=O)Nc1cc(Nc2ncc(Cl)c(Nc3ccccc3C(O)C(=O)NC)n2)c(OC)cc1OCCCN1CCOCC1. The van der Waals surface area contributed by atoms with E-state index >= 15 is 0 Å². The van der Waals surface area contributed by atoms with Crippen LogP contribution in [0.3, 0.4) is 0 Å². The largest absolute Gasteiger partial charge is 0.494 e. The van der Waals surface area contributed by atoms with Crippen LogP contribution in [0, 0.1) is 0 Å². The third-order valence-corrected chi connectivity index (χ3v) is 7.00. The lowest BCUT2D eigenvalue weighted by atomic mass is 10.1. The van der Waals surface area contributed by atoms with E-state index in [9.17, 15) is 14.7 Å². The number of likely N-dealkylation sites (N-methyl/N-ethyl adjacent to an activating group) is 1. The standard InChI is InChI=1S/C30H36ClN7O6/c1-4-26(39)34-23-16-22(24(42-3)17-25(23)44-13-7-10-38-11-14-43-15-12-38)36-30-33-18-20(31)28(37-30)35-21-9-6-5-8-19(21)27(40)29(41)32-2/h4-6,8-9,16-18,27,40H,1,7,10-15H2,2-3H3,(H,32,41)(H,34,39)(H2,33,35,36,37). The molecule has 1 aromatic heterocycles. The van der Waals surface area contributed by atoms with Gasteiger partial charge in [-0.2, -0.15) is 4.98 Å². The first-order valence-electron chi connectivity index (χ1n) is 14.0. The van der Waals surface area contributed by atoms with Crippen molar-refractivity contribution in [3.05, 3.63) is 65.8 Å². The zero-order chi connectivity index (χ0) is 31.5. The molecule has 14 heteroatoms. The number of aliphatic hydroxyl groups is 1. The van der Waals surface area contributed by atoms with Crippen molar-refractivity contribution in [3.63, 3.8) is 0 Å². The number of ether oxygens (including phenoxy) is 3. The number of aliphatic hydroxyl groups excluding tert-OH is 1. The number of nitrogens with zero attached hydrogens (tertiary/aromatic N) is 3. The van der Waals surface area contributed by atoms with Crippen LogP contribution in [-0.4, -0.2) is 85.4 Å². The van der Waals surface area contributed by atoms with E-state index in [2.05, 4.69) is 42.7 Å². The van der Waals surface area contributed by atoms with Crippen molar-refractivity contribution < 1.29 is 28.9 Å². The first-order valence-corrected chi connectivity index (χ1v) is 14.3. The van der Waals surface area contributed by atoms with E-state index < -0.39 is 17.9 Å².